The molecule has 0 saturated heterocycles. The minimum atomic E-state index is -0.108. The van der Waals surface area contributed by atoms with E-state index in [1.165, 1.54) is 83.2 Å². The van der Waals surface area contributed by atoms with Crippen LogP contribution in [0.15, 0.2) is 115 Å². The van der Waals surface area contributed by atoms with Gasteiger partial charge in [-0.05, 0) is 71.8 Å². The lowest BCUT2D eigenvalue weighted by Crippen LogP contribution is -2.15. The Morgan fingerprint density at radius 1 is 0.419 bits per heavy atom. The molecule has 0 amide bonds. The van der Waals surface area contributed by atoms with Gasteiger partial charge in [-0.15, -0.1) is 0 Å². The van der Waals surface area contributed by atoms with Crippen molar-refractivity contribution in [1.29, 1.82) is 0 Å². The van der Waals surface area contributed by atoms with E-state index < -0.39 is 0 Å². The molecular weight excluding hydrogens is 522 g/mol. The first-order valence-corrected chi connectivity index (χ1v) is 15.3. The van der Waals surface area contributed by atoms with Crippen LogP contribution in [-0.2, 0) is 10.8 Å². The van der Waals surface area contributed by atoms with E-state index in [0.717, 1.165) is 0 Å². The molecule has 206 valence electrons. The summed E-state index contributed by atoms with van der Waals surface area (Å²) in [6.45, 7) is 9.50. The van der Waals surface area contributed by atoms with Crippen molar-refractivity contribution in [3.63, 3.8) is 0 Å². The highest BCUT2D eigenvalue weighted by Gasteiger charge is 2.40. The van der Waals surface area contributed by atoms with E-state index >= 15 is 0 Å². The van der Waals surface area contributed by atoms with Gasteiger partial charge in [0, 0.05) is 49.5 Å². The van der Waals surface area contributed by atoms with E-state index in [1.807, 2.05) is 0 Å². The molecule has 8 aromatic rings. The van der Waals surface area contributed by atoms with Crippen LogP contribution in [0.2, 0.25) is 0 Å². The highest BCUT2D eigenvalue weighted by atomic mass is 15.1. The van der Waals surface area contributed by atoms with Crippen molar-refractivity contribution in [2.24, 2.45) is 0 Å². The molecular formula is C40H31N3. The van der Waals surface area contributed by atoms with E-state index in [0.29, 0.717) is 0 Å². The number of benzene rings is 5. The predicted molar refractivity (Wildman–Crippen MR) is 179 cm³/mol. The molecule has 5 heterocycles. The lowest BCUT2D eigenvalue weighted by atomic mass is 9.82. The monoisotopic (exact) mass is 553 g/mol. The van der Waals surface area contributed by atoms with Gasteiger partial charge in [0.2, 0.25) is 0 Å². The lowest BCUT2D eigenvalue weighted by Gasteiger charge is -2.20. The summed E-state index contributed by atoms with van der Waals surface area (Å²) in [5, 5.41) is 5.19. The highest BCUT2D eigenvalue weighted by Crippen LogP contribution is 2.51. The minimum Gasteiger partial charge on any atom is -0.312 e. The van der Waals surface area contributed by atoms with Crippen LogP contribution in [0, 0.1) is 0 Å². The average Bonchev–Trinajstić information content (AvgIpc) is 3.77. The summed E-state index contributed by atoms with van der Waals surface area (Å²) >= 11 is 0. The third-order valence-electron chi connectivity index (χ3n) is 10.5. The summed E-state index contributed by atoms with van der Waals surface area (Å²) in [5.41, 5.74) is 14.2. The smallest absolute Gasteiger partial charge is 0.0545 e. The molecule has 3 aromatic heterocycles. The Kier molecular flexibility index (Phi) is 4.10. The largest absolute Gasteiger partial charge is 0.312 e. The fraction of sp³-hybridized carbons (Fsp3) is 0.150. The second kappa shape index (κ2) is 7.48. The number of aromatic nitrogens is 3. The van der Waals surface area contributed by atoms with Gasteiger partial charge < -0.3 is 13.7 Å². The van der Waals surface area contributed by atoms with Crippen LogP contribution >= 0.6 is 0 Å². The Balaban J connectivity index is 1.37. The summed E-state index contributed by atoms with van der Waals surface area (Å²) in [6, 6.07) is 43.1. The molecule has 2 aliphatic heterocycles. The molecule has 0 spiro atoms. The first kappa shape index (κ1) is 23.5. The summed E-state index contributed by atoms with van der Waals surface area (Å²) in [6.07, 6.45) is 0. The maximum atomic E-state index is 2.50. The van der Waals surface area contributed by atoms with Gasteiger partial charge >= 0.3 is 0 Å². The molecule has 10 rings (SSSR count). The third kappa shape index (κ3) is 2.72. The Bertz CT molecular complexity index is 2340. The summed E-state index contributed by atoms with van der Waals surface area (Å²) < 4.78 is 7.50. The maximum absolute atomic E-state index is 2.50. The molecule has 3 nitrogen and oxygen atoms in total. The summed E-state index contributed by atoms with van der Waals surface area (Å²) in [7, 11) is 0. The molecule has 43 heavy (non-hydrogen) atoms. The van der Waals surface area contributed by atoms with Gasteiger partial charge in [-0.2, -0.15) is 0 Å². The van der Waals surface area contributed by atoms with Gasteiger partial charge in [0.05, 0.1) is 33.4 Å². The zero-order chi connectivity index (χ0) is 28.8. The van der Waals surface area contributed by atoms with Crippen LogP contribution in [0.1, 0.15) is 50.2 Å². The Labute approximate surface area is 250 Å². The van der Waals surface area contributed by atoms with Crippen molar-refractivity contribution in [2.75, 3.05) is 0 Å². The van der Waals surface area contributed by atoms with E-state index in [2.05, 4.69) is 157 Å². The molecule has 0 fully saturated rings. The molecule has 2 aliphatic rings. The summed E-state index contributed by atoms with van der Waals surface area (Å²) in [5.74, 6) is 0. The Morgan fingerprint density at radius 2 is 0.860 bits per heavy atom. The Hall–Kier alpha value is -5.02. The first-order chi connectivity index (χ1) is 20.8. The molecule has 0 unspecified atom stereocenters. The molecule has 0 radical (unpaired) electrons. The van der Waals surface area contributed by atoms with Gasteiger partial charge in [0.25, 0.3) is 0 Å². The van der Waals surface area contributed by atoms with Gasteiger partial charge in [-0.3, -0.25) is 0 Å². The molecule has 0 atom stereocenters. The van der Waals surface area contributed by atoms with Crippen LogP contribution in [0.3, 0.4) is 0 Å². The molecule has 0 bridgehead atoms. The van der Waals surface area contributed by atoms with E-state index in [1.54, 1.807) is 0 Å². The fourth-order valence-corrected chi connectivity index (χ4v) is 8.34. The van der Waals surface area contributed by atoms with Gasteiger partial charge in [-0.1, -0.05) is 82.3 Å². The normalized spacial score (nSPS) is 15.8. The van der Waals surface area contributed by atoms with Crippen molar-refractivity contribution >= 4 is 43.6 Å². The standard InChI is InChI=1S/C40H31N3/c1-39(2)29-22-33-27(20-35(29)42-31-16-10-8-12-24(31)18-37(39)42)28-21-36-30(23-34(28)41(33)26-14-6-5-7-15-26)40(3,4)38-19-25-13-9-11-17-32(25)43(36)38/h5-23H,1-4H3. The number of hydrogen-bond acceptors (Lipinski definition) is 0. The predicted octanol–water partition coefficient (Wildman–Crippen LogP) is 9.95. The van der Waals surface area contributed by atoms with Crippen molar-refractivity contribution in [1.82, 2.24) is 13.7 Å². The molecule has 0 saturated carbocycles. The molecule has 5 aromatic carbocycles. The van der Waals surface area contributed by atoms with E-state index in [-0.39, 0.29) is 10.8 Å². The lowest BCUT2D eigenvalue weighted by molar-refractivity contribution is 0.645. The van der Waals surface area contributed by atoms with Crippen LogP contribution in [0.25, 0.3) is 60.7 Å². The maximum Gasteiger partial charge on any atom is 0.0545 e. The molecule has 3 heteroatoms. The van der Waals surface area contributed by atoms with Crippen LogP contribution < -0.4 is 0 Å². The van der Waals surface area contributed by atoms with Crippen molar-refractivity contribution in [3.05, 3.63) is 138 Å². The second-order valence-electron chi connectivity index (χ2n) is 13.5. The quantitative estimate of drug-likeness (QED) is 0.192. The number of nitrogens with zero attached hydrogens (tertiary/aromatic N) is 3. The number of hydrogen-bond donors (Lipinski definition) is 0. The fourth-order valence-electron chi connectivity index (χ4n) is 8.34. The Morgan fingerprint density at radius 3 is 1.35 bits per heavy atom. The topological polar surface area (TPSA) is 14.8 Å². The average molecular weight is 554 g/mol. The number of rotatable bonds is 1. The van der Waals surface area contributed by atoms with Crippen LogP contribution in [0.5, 0.6) is 0 Å². The molecule has 0 aliphatic carbocycles. The third-order valence-corrected chi connectivity index (χ3v) is 10.5. The van der Waals surface area contributed by atoms with Crippen molar-refractivity contribution in [2.45, 2.75) is 38.5 Å². The zero-order valence-electron chi connectivity index (χ0n) is 24.8. The zero-order valence-corrected chi connectivity index (χ0v) is 24.8. The van der Waals surface area contributed by atoms with Crippen LogP contribution in [-0.4, -0.2) is 13.7 Å². The first-order valence-electron chi connectivity index (χ1n) is 15.3. The highest BCUT2D eigenvalue weighted by molar-refractivity contribution is 6.12. The molecule has 0 N–H and O–H groups in total. The van der Waals surface area contributed by atoms with Gasteiger partial charge in [-0.25, -0.2) is 0 Å². The summed E-state index contributed by atoms with van der Waals surface area (Å²) in [4.78, 5) is 0. The second-order valence-corrected chi connectivity index (χ2v) is 13.5. The van der Waals surface area contributed by atoms with E-state index in [9.17, 15) is 0 Å². The minimum absolute atomic E-state index is 0.108. The van der Waals surface area contributed by atoms with Crippen molar-refractivity contribution in [3.8, 4) is 17.1 Å². The van der Waals surface area contributed by atoms with Gasteiger partial charge in [0.1, 0.15) is 0 Å². The van der Waals surface area contributed by atoms with E-state index in [4.69, 9.17) is 0 Å². The number of para-hydroxylation sites is 3. The number of fused-ring (bicyclic) bond motifs is 13. The van der Waals surface area contributed by atoms with Crippen molar-refractivity contribution < 1.29 is 0 Å². The van der Waals surface area contributed by atoms with Crippen LogP contribution in [0.4, 0.5) is 0 Å². The van der Waals surface area contributed by atoms with Gasteiger partial charge in [0.15, 0.2) is 0 Å². The SMILES string of the molecule is CC1(C)c2cc3c(cc2-n2c1cc1ccccc12)c1cc2c(cc1n3-c1ccccc1)C(C)(C)c1cc3ccccc3n1-2.